The van der Waals surface area contributed by atoms with Gasteiger partial charge in [-0.25, -0.2) is 0 Å². The van der Waals surface area contributed by atoms with E-state index in [2.05, 4.69) is 20.7 Å². The average molecular weight is 208 g/mol. The van der Waals surface area contributed by atoms with Crippen molar-refractivity contribution in [3.05, 3.63) is 12.3 Å². The zero-order valence-electron chi connectivity index (χ0n) is 7.93. The van der Waals surface area contributed by atoms with Gasteiger partial charge in [-0.3, -0.25) is 10.1 Å². The number of hydrogen-bond acceptors (Lipinski definition) is 6. The van der Waals surface area contributed by atoms with E-state index in [4.69, 9.17) is 8.94 Å². The van der Waals surface area contributed by atoms with Crippen molar-refractivity contribution in [2.24, 2.45) is 0 Å². The maximum Gasteiger partial charge on any atom is 0.322 e. The summed E-state index contributed by atoms with van der Waals surface area (Å²) in [6.07, 6.45) is 1.81. The highest BCUT2D eigenvalue weighted by Gasteiger charge is 2.12. The van der Waals surface area contributed by atoms with Crippen LogP contribution in [-0.2, 0) is 4.79 Å². The van der Waals surface area contributed by atoms with E-state index in [9.17, 15) is 4.79 Å². The third-order valence-electron chi connectivity index (χ3n) is 1.64. The van der Waals surface area contributed by atoms with Crippen molar-refractivity contribution < 1.29 is 13.7 Å². The van der Waals surface area contributed by atoms with E-state index in [1.807, 2.05) is 0 Å². The molecule has 15 heavy (non-hydrogen) atoms. The third kappa shape index (κ3) is 2.01. The number of nitrogens with one attached hydrogen (secondary N) is 1. The summed E-state index contributed by atoms with van der Waals surface area (Å²) in [4.78, 5) is 11.0. The van der Waals surface area contributed by atoms with Crippen LogP contribution in [0, 0.1) is 0 Å². The fourth-order valence-electron chi connectivity index (χ4n) is 0.907. The molecule has 0 radical (unpaired) electrons. The van der Waals surface area contributed by atoms with Crippen LogP contribution in [0.25, 0.3) is 11.7 Å². The summed E-state index contributed by atoms with van der Waals surface area (Å²) < 4.78 is 9.92. The van der Waals surface area contributed by atoms with Crippen molar-refractivity contribution in [1.82, 2.24) is 15.4 Å². The van der Waals surface area contributed by atoms with Crippen LogP contribution in [-0.4, -0.2) is 21.3 Å². The van der Waals surface area contributed by atoms with E-state index in [0.29, 0.717) is 12.2 Å². The summed E-state index contributed by atoms with van der Waals surface area (Å²) in [5.74, 6) is 0.348. The van der Waals surface area contributed by atoms with Crippen molar-refractivity contribution in [3.8, 4) is 11.7 Å². The lowest BCUT2D eigenvalue weighted by molar-refractivity contribution is -0.116. The molecule has 2 heterocycles. The minimum atomic E-state index is -0.192. The maximum absolute atomic E-state index is 11.0. The van der Waals surface area contributed by atoms with E-state index in [0.717, 1.165) is 0 Å². The molecule has 0 atom stereocenters. The predicted octanol–water partition coefficient (Wildman–Crippen LogP) is 1.07. The second kappa shape index (κ2) is 3.91. The Morgan fingerprint density at radius 3 is 3.07 bits per heavy atom. The molecule has 0 bridgehead atoms. The summed E-state index contributed by atoms with van der Waals surface area (Å²) in [6, 6.07) is 1.63. The van der Waals surface area contributed by atoms with Gasteiger partial charge < -0.3 is 8.94 Å². The predicted molar refractivity (Wildman–Crippen MR) is 48.7 cm³/mol. The third-order valence-corrected chi connectivity index (χ3v) is 1.64. The minimum Gasteiger partial charge on any atom is -0.400 e. The Labute approximate surface area is 84.5 Å². The Morgan fingerprint density at radius 1 is 1.53 bits per heavy atom. The van der Waals surface area contributed by atoms with Gasteiger partial charge in [-0.15, -0.1) is 5.10 Å². The molecule has 2 aromatic rings. The first-order chi connectivity index (χ1) is 7.29. The van der Waals surface area contributed by atoms with Crippen LogP contribution in [0.4, 0.5) is 6.01 Å². The molecule has 1 N–H and O–H groups in total. The first-order valence-corrected chi connectivity index (χ1v) is 4.34. The van der Waals surface area contributed by atoms with Crippen LogP contribution in [0.15, 0.2) is 21.2 Å². The first-order valence-electron chi connectivity index (χ1n) is 4.34. The van der Waals surface area contributed by atoms with Gasteiger partial charge in [0.15, 0.2) is 0 Å². The molecule has 0 unspecified atom stereocenters. The van der Waals surface area contributed by atoms with Crippen molar-refractivity contribution in [3.63, 3.8) is 0 Å². The standard InChI is InChI=1S/C8H8N4O3/c1-2-6(13)10-8-12-11-7(14-8)5-3-4-9-15-5/h3-4H,2H2,1H3,(H,10,12,13). The van der Waals surface area contributed by atoms with Crippen LogP contribution in [0.3, 0.4) is 0 Å². The van der Waals surface area contributed by atoms with Crippen molar-refractivity contribution in [2.45, 2.75) is 13.3 Å². The Hall–Kier alpha value is -2.18. The lowest BCUT2D eigenvalue weighted by Gasteiger charge is -1.93. The summed E-state index contributed by atoms with van der Waals surface area (Å²) in [6.45, 7) is 1.73. The van der Waals surface area contributed by atoms with Gasteiger partial charge in [0, 0.05) is 12.5 Å². The molecule has 0 aliphatic rings. The number of anilines is 1. The quantitative estimate of drug-likeness (QED) is 0.810. The Balaban J connectivity index is 2.14. The van der Waals surface area contributed by atoms with Gasteiger partial charge >= 0.3 is 6.01 Å². The number of rotatable bonds is 3. The molecule has 0 saturated carbocycles. The molecule has 0 fully saturated rings. The van der Waals surface area contributed by atoms with Crippen LogP contribution in [0.2, 0.25) is 0 Å². The topological polar surface area (TPSA) is 94.1 Å². The number of amides is 1. The fraction of sp³-hybridized carbons (Fsp3) is 0.250. The summed E-state index contributed by atoms with van der Waals surface area (Å²) in [5.41, 5.74) is 0. The van der Waals surface area contributed by atoms with Gasteiger partial charge in [0.1, 0.15) is 0 Å². The molecule has 1 amide bonds. The average Bonchev–Trinajstić information content (AvgIpc) is 2.85. The minimum absolute atomic E-state index is 0.0493. The summed E-state index contributed by atoms with van der Waals surface area (Å²) >= 11 is 0. The van der Waals surface area contributed by atoms with Gasteiger partial charge in [-0.2, -0.15) is 0 Å². The molecule has 2 rings (SSSR count). The zero-order chi connectivity index (χ0) is 10.7. The fourth-order valence-corrected chi connectivity index (χ4v) is 0.907. The summed E-state index contributed by atoms with van der Waals surface area (Å²) in [5, 5.41) is 13.2. The maximum atomic E-state index is 11.0. The van der Waals surface area contributed by atoms with Gasteiger partial charge in [0.05, 0.1) is 6.20 Å². The molecule has 7 heteroatoms. The van der Waals surface area contributed by atoms with E-state index in [1.165, 1.54) is 6.20 Å². The highest BCUT2D eigenvalue weighted by Crippen LogP contribution is 2.18. The Kier molecular flexibility index (Phi) is 2.44. The molecule has 78 valence electrons. The normalized spacial score (nSPS) is 10.2. The molecular formula is C8H8N4O3. The lowest BCUT2D eigenvalue weighted by atomic mass is 10.5. The van der Waals surface area contributed by atoms with Gasteiger partial charge in [-0.1, -0.05) is 17.2 Å². The highest BCUT2D eigenvalue weighted by molar-refractivity contribution is 5.88. The van der Waals surface area contributed by atoms with Crippen molar-refractivity contribution in [1.29, 1.82) is 0 Å². The monoisotopic (exact) mass is 208 g/mol. The second-order valence-corrected chi connectivity index (χ2v) is 2.69. The molecular weight excluding hydrogens is 200 g/mol. The molecule has 0 spiro atoms. The van der Waals surface area contributed by atoms with Crippen LogP contribution in [0.1, 0.15) is 13.3 Å². The second-order valence-electron chi connectivity index (χ2n) is 2.69. The summed E-state index contributed by atoms with van der Waals surface area (Å²) in [7, 11) is 0. The van der Waals surface area contributed by atoms with E-state index in [-0.39, 0.29) is 17.8 Å². The SMILES string of the molecule is CCC(=O)Nc1nnc(-c2ccno2)o1. The number of hydrogen-bond donors (Lipinski definition) is 1. The van der Waals surface area contributed by atoms with Crippen LogP contribution < -0.4 is 5.32 Å². The number of carbonyl (C=O) groups is 1. The van der Waals surface area contributed by atoms with Crippen molar-refractivity contribution >= 4 is 11.9 Å². The molecule has 0 saturated heterocycles. The Bertz CT molecular complexity index is 448. The van der Waals surface area contributed by atoms with Gasteiger partial charge in [-0.05, 0) is 0 Å². The van der Waals surface area contributed by atoms with Crippen molar-refractivity contribution in [2.75, 3.05) is 5.32 Å². The van der Waals surface area contributed by atoms with E-state index >= 15 is 0 Å². The largest absolute Gasteiger partial charge is 0.400 e. The lowest BCUT2D eigenvalue weighted by Crippen LogP contribution is -2.09. The van der Waals surface area contributed by atoms with Gasteiger partial charge in [0.25, 0.3) is 5.89 Å². The highest BCUT2D eigenvalue weighted by atomic mass is 16.5. The first kappa shape index (κ1) is 9.38. The number of nitrogens with zero attached hydrogens (tertiary/aromatic N) is 3. The molecule has 7 nitrogen and oxygen atoms in total. The zero-order valence-corrected chi connectivity index (χ0v) is 7.93. The Morgan fingerprint density at radius 2 is 2.40 bits per heavy atom. The number of carbonyl (C=O) groups excluding carboxylic acids is 1. The molecule has 2 aromatic heterocycles. The number of aromatic nitrogens is 3. The van der Waals surface area contributed by atoms with Gasteiger partial charge in [0.2, 0.25) is 11.7 Å². The molecule has 0 aliphatic carbocycles. The smallest absolute Gasteiger partial charge is 0.322 e. The van der Waals surface area contributed by atoms with Crippen LogP contribution in [0.5, 0.6) is 0 Å². The van der Waals surface area contributed by atoms with E-state index in [1.54, 1.807) is 13.0 Å². The van der Waals surface area contributed by atoms with Crippen LogP contribution >= 0.6 is 0 Å². The molecule has 0 aliphatic heterocycles. The molecule has 0 aromatic carbocycles. The van der Waals surface area contributed by atoms with E-state index < -0.39 is 0 Å².